The van der Waals surface area contributed by atoms with Crippen LogP contribution >= 0.6 is 0 Å². The summed E-state index contributed by atoms with van der Waals surface area (Å²) >= 11 is 0. The number of fused-ring (bicyclic) bond motifs is 1. The Morgan fingerprint density at radius 3 is 2.68 bits per heavy atom. The number of rotatable bonds is 8. The van der Waals surface area contributed by atoms with Crippen LogP contribution in [-0.4, -0.2) is 40.3 Å². The van der Waals surface area contributed by atoms with Gasteiger partial charge in [0.25, 0.3) is 5.91 Å². The van der Waals surface area contributed by atoms with Crippen LogP contribution in [0.2, 0.25) is 0 Å². The van der Waals surface area contributed by atoms with Gasteiger partial charge in [-0.15, -0.1) is 0 Å². The molecule has 1 N–H and O–H groups in total. The van der Waals surface area contributed by atoms with Crippen LogP contribution < -0.4 is 9.62 Å². The normalized spacial score (nSPS) is 14.6. The minimum absolute atomic E-state index is 0.0198. The summed E-state index contributed by atoms with van der Waals surface area (Å²) in [6.45, 7) is 3.52. The van der Waals surface area contributed by atoms with Crippen molar-refractivity contribution in [2.45, 2.75) is 25.9 Å². The van der Waals surface area contributed by atoms with Crippen molar-refractivity contribution in [1.82, 2.24) is 5.32 Å². The highest BCUT2D eigenvalue weighted by atomic mass is 32.2. The Kier molecular flexibility index (Phi) is 6.36. The van der Waals surface area contributed by atoms with E-state index in [1.165, 1.54) is 10.6 Å². The third-order valence-corrected chi connectivity index (χ3v) is 6.02. The van der Waals surface area contributed by atoms with E-state index in [2.05, 4.69) is 5.32 Å². The maximum atomic E-state index is 12.4. The second kappa shape index (κ2) is 8.75. The SMILES string of the molecule is CC(OCCCNC(=O)c1ccc2c(c1)CCN2S(C)(=O)=O)c1ccccc1. The van der Waals surface area contributed by atoms with Gasteiger partial charge in [-0.2, -0.15) is 0 Å². The first-order chi connectivity index (χ1) is 13.4. The lowest BCUT2D eigenvalue weighted by Crippen LogP contribution is -2.27. The summed E-state index contributed by atoms with van der Waals surface area (Å²) in [5.41, 5.74) is 3.24. The van der Waals surface area contributed by atoms with Crippen molar-refractivity contribution in [3.8, 4) is 0 Å². The van der Waals surface area contributed by atoms with E-state index < -0.39 is 10.0 Å². The fraction of sp³-hybridized carbons (Fsp3) is 0.381. The highest BCUT2D eigenvalue weighted by molar-refractivity contribution is 7.92. The summed E-state index contributed by atoms with van der Waals surface area (Å²) in [5.74, 6) is -0.156. The summed E-state index contributed by atoms with van der Waals surface area (Å²) in [5, 5.41) is 2.89. The molecule has 150 valence electrons. The second-order valence-electron chi connectivity index (χ2n) is 6.96. The third-order valence-electron chi connectivity index (χ3n) is 4.84. The molecule has 1 unspecified atom stereocenters. The van der Waals surface area contributed by atoms with Crippen LogP contribution in [-0.2, 0) is 21.2 Å². The van der Waals surface area contributed by atoms with Crippen LogP contribution in [0.25, 0.3) is 0 Å². The summed E-state index contributed by atoms with van der Waals surface area (Å²) in [6.07, 6.45) is 2.56. The average molecular weight is 403 g/mol. The van der Waals surface area contributed by atoms with Gasteiger partial charge in [0.05, 0.1) is 18.0 Å². The quantitative estimate of drug-likeness (QED) is 0.689. The van der Waals surface area contributed by atoms with Gasteiger partial charge in [0.1, 0.15) is 0 Å². The first-order valence-electron chi connectivity index (χ1n) is 9.41. The number of benzene rings is 2. The summed E-state index contributed by atoms with van der Waals surface area (Å²) in [7, 11) is -3.28. The maximum Gasteiger partial charge on any atom is 0.251 e. The fourth-order valence-corrected chi connectivity index (χ4v) is 4.27. The highest BCUT2D eigenvalue weighted by Crippen LogP contribution is 2.30. The largest absolute Gasteiger partial charge is 0.374 e. The van der Waals surface area contributed by atoms with Crippen molar-refractivity contribution < 1.29 is 17.9 Å². The van der Waals surface area contributed by atoms with Crippen molar-refractivity contribution in [2.75, 3.05) is 30.3 Å². The standard InChI is InChI=1S/C21H26N2O4S/c1-16(17-7-4-3-5-8-17)27-14-6-12-22-21(24)19-9-10-20-18(15-19)11-13-23(20)28(2,25)26/h3-5,7-10,15-16H,6,11-14H2,1-2H3,(H,22,24). The van der Waals surface area contributed by atoms with Gasteiger partial charge >= 0.3 is 0 Å². The van der Waals surface area contributed by atoms with Gasteiger partial charge in [-0.1, -0.05) is 30.3 Å². The molecule has 7 heteroatoms. The molecule has 28 heavy (non-hydrogen) atoms. The van der Waals surface area contributed by atoms with Crippen LogP contribution in [0, 0.1) is 0 Å². The first-order valence-corrected chi connectivity index (χ1v) is 11.3. The number of carbonyl (C=O) groups excluding carboxylic acids is 1. The van der Waals surface area contributed by atoms with Crippen LogP contribution in [0.3, 0.4) is 0 Å². The number of hydrogen-bond acceptors (Lipinski definition) is 4. The minimum Gasteiger partial charge on any atom is -0.374 e. The van der Waals surface area contributed by atoms with Crippen molar-refractivity contribution >= 4 is 21.6 Å². The summed E-state index contributed by atoms with van der Waals surface area (Å²) in [6, 6.07) is 15.2. The molecule has 2 aromatic rings. The van der Waals surface area contributed by atoms with Crippen LogP contribution in [0.4, 0.5) is 5.69 Å². The van der Waals surface area contributed by atoms with E-state index in [4.69, 9.17) is 4.74 Å². The lowest BCUT2D eigenvalue weighted by atomic mass is 10.1. The van der Waals surface area contributed by atoms with Crippen molar-refractivity contribution in [1.29, 1.82) is 0 Å². The Morgan fingerprint density at radius 2 is 1.96 bits per heavy atom. The number of anilines is 1. The predicted molar refractivity (Wildman–Crippen MR) is 110 cm³/mol. The van der Waals surface area contributed by atoms with Crippen LogP contribution in [0.5, 0.6) is 0 Å². The third kappa shape index (κ3) is 4.91. The van der Waals surface area contributed by atoms with Crippen LogP contribution in [0.1, 0.15) is 40.9 Å². The topological polar surface area (TPSA) is 75.7 Å². The Labute approximate surface area is 166 Å². The van der Waals surface area contributed by atoms with E-state index in [0.29, 0.717) is 37.4 Å². The van der Waals surface area contributed by atoms with E-state index in [1.807, 2.05) is 37.3 Å². The summed E-state index contributed by atoms with van der Waals surface area (Å²) in [4.78, 5) is 12.4. The molecule has 0 radical (unpaired) electrons. The Bertz CT molecular complexity index is 929. The molecule has 1 heterocycles. The number of amides is 1. The highest BCUT2D eigenvalue weighted by Gasteiger charge is 2.26. The molecule has 0 bridgehead atoms. The molecule has 0 saturated carbocycles. The molecule has 0 fully saturated rings. The number of carbonyl (C=O) groups is 1. The van der Waals surface area contributed by atoms with Gasteiger partial charge in [-0.3, -0.25) is 9.10 Å². The Morgan fingerprint density at radius 1 is 1.21 bits per heavy atom. The molecular weight excluding hydrogens is 376 g/mol. The number of ether oxygens (including phenoxy) is 1. The molecule has 0 aliphatic carbocycles. The molecule has 0 aromatic heterocycles. The lowest BCUT2D eigenvalue weighted by molar-refractivity contribution is 0.0635. The summed E-state index contributed by atoms with van der Waals surface area (Å²) < 4.78 is 30.8. The zero-order valence-corrected chi connectivity index (χ0v) is 17.0. The monoisotopic (exact) mass is 402 g/mol. The van der Waals surface area contributed by atoms with E-state index >= 15 is 0 Å². The fourth-order valence-electron chi connectivity index (χ4n) is 3.31. The van der Waals surface area contributed by atoms with Crippen molar-refractivity contribution in [2.24, 2.45) is 0 Å². The second-order valence-corrected chi connectivity index (χ2v) is 8.87. The molecule has 0 spiro atoms. The molecule has 2 aromatic carbocycles. The Hall–Kier alpha value is -2.38. The molecular formula is C21H26N2O4S. The molecule has 1 atom stereocenters. The zero-order valence-electron chi connectivity index (χ0n) is 16.2. The zero-order chi connectivity index (χ0) is 20.1. The Balaban J connectivity index is 1.46. The van der Waals surface area contributed by atoms with E-state index in [9.17, 15) is 13.2 Å². The van der Waals surface area contributed by atoms with Gasteiger partial charge in [-0.25, -0.2) is 8.42 Å². The van der Waals surface area contributed by atoms with E-state index in [-0.39, 0.29) is 12.0 Å². The lowest BCUT2D eigenvalue weighted by Gasteiger charge is -2.16. The number of nitrogens with zero attached hydrogens (tertiary/aromatic N) is 1. The average Bonchev–Trinajstić information content (AvgIpc) is 3.11. The minimum atomic E-state index is -3.28. The maximum absolute atomic E-state index is 12.4. The van der Waals surface area contributed by atoms with Gasteiger partial charge < -0.3 is 10.1 Å². The van der Waals surface area contributed by atoms with E-state index in [1.54, 1.807) is 18.2 Å². The van der Waals surface area contributed by atoms with E-state index in [0.717, 1.165) is 17.5 Å². The first kappa shape index (κ1) is 20.4. The molecule has 1 amide bonds. The number of nitrogens with one attached hydrogen (secondary N) is 1. The molecule has 0 saturated heterocycles. The predicted octanol–water partition coefficient (Wildman–Crippen LogP) is 2.91. The van der Waals surface area contributed by atoms with Gasteiger partial charge in [0, 0.05) is 25.3 Å². The van der Waals surface area contributed by atoms with Crippen molar-refractivity contribution in [3.05, 3.63) is 65.2 Å². The molecule has 3 rings (SSSR count). The number of hydrogen-bond donors (Lipinski definition) is 1. The molecule has 1 aliphatic heterocycles. The van der Waals surface area contributed by atoms with Crippen molar-refractivity contribution in [3.63, 3.8) is 0 Å². The van der Waals surface area contributed by atoms with Gasteiger partial charge in [-0.05, 0) is 49.1 Å². The molecule has 1 aliphatic rings. The smallest absolute Gasteiger partial charge is 0.251 e. The number of sulfonamides is 1. The van der Waals surface area contributed by atoms with Crippen LogP contribution in [0.15, 0.2) is 48.5 Å². The molecule has 6 nitrogen and oxygen atoms in total. The van der Waals surface area contributed by atoms with Gasteiger partial charge in [0.15, 0.2) is 0 Å². The van der Waals surface area contributed by atoms with Gasteiger partial charge in [0.2, 0.25) is 10.0 Å².